The Hall–Kier alpha value is -1.02. The summed E-state index contributed by atoms with van der Waals surface area (Å²) in [6, 6.07) is 8.64. The third-order valence-corrected chi connectivity index (χ3v) is 3.71. The van der Waals surface area contributed by atoms with E-state index in [1.807, 2.05) is 0 Å². The van der Waals surface area contributed by atoms with E-state index in [9.17, 15) is 0 Å². The lowest BCUT2D eigenvalue weighted by molar-refractivity contribution is -0.401. The number of fused-ring (bicyclic) bond motifs is 1. The second kappa shape index (κ2) is 4.10. The summed E-state index contributed by atoms with van der Waals surface area (Å²) in [7, 11) is 2.15. The van der Waals surface area contributed by atoms with Crippen molar-refractivity contribution in [2.45, 2.75) is 19.3 Å². The predicted octanol–water partition coefficient (Wildman–Crippen LogP) is 3.57. The van der Waals surface area contributed by atoms with Crippen LogP contribution >= 0.6 is 11.8 Å². The Balaban J connectivity index is 2.57. The fourth-order valence-electron chi connectivity index (χ4n) is 2.43. The number of hydrogen-bond acceptors (Lipinski definition) is 1. The van der Waals surface area contributed by atoms with Gasteiger partial charge in [-0.25, -0.2) is 0 Å². The second-order valence-electron chi connectivity index (χ2n) is 4.62. The molecule has 2 rings (SSSR count). The zero-order valence-electron chi connectivity index (χ0n) is 10.3. The van der Waals surface area contributed by atoms with Crippen molar-refractivity contribution in [2.75, 3.05) is 13.3 Å². The van der Waals surface area contributed by atoms with Gasteiger partial charge in [0, 0.05) is 17.7 Å². The molecule has 0 fully saturated rings. The van der Waals surface area contributed by atoms with E-state index >= 15 is 0 Å². The van der Waals surface area contributed by atoms with Crippen molar-refractivity contribution in [1.29, 1.82) is 0 Å². The molecule has 1 aromatic rings. The molecule has 0 aromatic heterocycles. The van der Waals surface area contributed by atoms with Crippen LogP contribution in [0.3, 0.4) is 0 Å². The van der Waals surface area contributed by atoms with Gasteiger partial charge in [0.1, 0.15) is 7.05 Å². The minimum Gasteiger partial charge on any atom is -0.198 e. The van der Waals surface area contributed by atoms with Gasteiger partial charge in [0.15, 0.2) is 5.71 Å². The molecule has 2 heteroatoms. The van der Waals surface area contributed by atoms with Gasteiger partial charge in [0.05, 0.1) is 5.41 Å². The maximum Gasteiger partial charge on any atom is 0.209 e. The molecule has 0 saturated heterocycles. The van der Waals surface area contributed by atoms with Gasteiger partial charge in [-0.3, -0.25) is 0 Å². The Labute approximate surface area is 102 Å². The molecule has 0 atom stereocenters. The lowest BCUT2D eigenvalue weighted by atomic mass is 9.82. The van der Waals surface area contributed by atoms with Crippen LogP contribution in [-0.2, 0) is 5.41 Å². The van der Waals surface area contributed by atoms with Crippen LogP contribution in [0.1, 0.15) is 19.4 Å². The number of para-hydroxylation sites is 1. The second-order valence-corrected chi connectivity index (χ2v) is 5.37. The maximum absolute atomic E-state index is 2.29. The molecular weight excluding hydrogens is 214 g/mol. The van der Waals surface area contributed by atoms with Crippen molar-refractivity contribution in [3.63, 3.8) is 0 Å². The Bertz CT molecular complexity index is 469. The molecule has 1 heterocycles. The Morgan fingerprint density at radius 3 is 2.56 bits per heavy atom. The van der Waals surface area contributed by atoms with E-state index in [-0.39, 0.29) is 5.41 Å². The summed E-state index contributed by atoms with van der Waals surface area (Å²) in [6.07, 6.45) is 4.32. The first-order valence-electron chi connectivity index (χ1n) is 5.49. The highest BCUT2D eigenvalue weighted by atomic mass is 32.2. The predicted molar refractivity (Wildman–Crippen MR) is 73.0 cm³/mol. The van der Waals surface area contributed by atoms with Crippen LogP contribution in [0, 0.1) is 0 Å². The average molecular weight is 232 g/mol. The Kier molecular flexibility index (Phi) is 2.94. The van der Waals surface area contributed by atoms with Gasteiger partial charge < -0.3 is 0 Å². The Morgan fingerprint density at radius 2 is 1.94 bits per heavy atom. The quantitative estimate of drug-likeness (QED) is 0.704. The summed E-state index contributed by atoms with van der Waals surface area (Å²) >= 11 is 1.74. The van der Waals surface area contributed by atoms with Crippen molar-refractivity contribution in [2.24, 2.45) is 0 Å². The molecule has 0 radical (unpaired) electrons. The van der Waals surface area contributed by atoms with Crippen molar-refractivity contribution in [3.05, 3.63) is 41.3 Å². The van der Waals surface area contributed by atoms with E-state index in [2.05, 4.69) is 67.5 Å². The van der Waals surface area contributed by atoms with Gasteiger partial charge in [-0.2, -0.15) is 4.58 Å². The molecule has 0 aliphatic carbocycles. The first kappa shape index (κ1) is 11.5. The van der Waals surface area contributed by atoms with E-state index in [0.29, 0.717) is 0 Å². The number of hydrogen-bond donors (Lipinski definition) is 0. The van der Waals surface area contributed by atoms with Gasteiger partial charge in [0.2, 0.25) is 5.69 Å². The van der Waals surface area contributed by atoms with E-state index < -0.39 is 0 Å². The van der Waals surface area contributed by atoms with Crippen LogP contribution in [0.2, 0.25) is 0 Å². The van der Waals surface area contributed by atoms with E-state index in [1.54, 1.807) is 11.8 Å². The third kappa shape index (κ3) is 1.61. The van der Waals surface area contributed by atoms with Crippen LogP contribution < -0.4 is 0 Å². The third-order valence-electron chi connectivity index (χ3n) is 3.30. The summed E-state index contributed by atoms with van der Waals surface area (Å²) < 4.78 is 2.29. The molecule has 0 unspecified atom stereocenters. The highest BCUT2D eigenvalue weighted by Crippen LogP contribution is 2.38. The number of nitrogens with zero attached hydrogens (tertiary/aromatic N) is 1. The number of thioether (sulfide) groups is 1. The van der Waals surface area contributed by atoms with Crippen molar-refractivity contribution in [1.82, 2.24) is 0 Å². The molecule has 0 bridgehead atoms. The van der Waals surface area contributed by atoms with Crippen LogP contribution in [0.15, 0.2) is 35.7 Å². The number of allylic oxidation sites excluding steroid dienone is 1. The minimum absolute atomic E-state index is 0.109. The standard InChI is InChI=1S/C14H18NS/c1-14(2)11-7-5-6-8-12(11)15(3)13(14)9-10-16-4/h5-10H,1-4H3/q+1. The number of rotatable bonds is 2. The summed E-state index contributed by atoms with van der Waals surface area (Å²) in [5, 5.41) is 2.15. The molecule has 1 aliphatic rings. The number of benzene rings is 1. The molecule has 1 aromatic carbocycles. The van der Waals surface area contributed by atoms with Crippen molar-refractivity contribution < 1.29 is 4.58 Å². The molecule has 0 N–H and O–H groups in total. The fraction of sp³-hybridized carbons (Fsp3) is 0.357. The van der Waals surface area contributed by atoms with Gasteiger partial charge in [-0.15, -0.1) is 11.8 Å². The van der Waals surface area contributed by atoms with E-state index in [1.165, 1.54) is 17.0 Å². The molecule has 0 saturated carbocycles. The summed E-state index contributed by atoms with van der Waals surface area (Å²) in [5.74, 6) is 0. The SMILES string of the molecule is CSC=CC1=[N+](C)c2ccccc2C1(C)C. The van der Waals surface area contributed by atoms with Gasteiger partial charge in [-0.05, 0) is 25.5 Å². The van der Waals surface area contributed by atoms with E-state index in [4.69, 9.17) is 0 Å². The van der Waals surface area contributed by atoms with Crippen LogP contribution in [0.25, 0.3) is 0 Å². The average Bonchev–Trinajstić information content (AvgIpc) is 2.46. The van der Waals surface area contributed by atoms with Gasteiger partial charge in [0.25, 0.3) is 0 Å². The maximum atomic E-state index is 2.29. The summed E-state index contributed by atoms with van der Waals surface area (Å²) in [6.45, 7) is 4.57. The van der Waals surface area contributed by atoms with Crippen LogP contribution in [0.5, 0.6) is 0 Å². The van der Waals surface area contributed by atoms with Gasteiger partial charge in [-0.1, -0.05) is 18.2 Å². The van der Waals surface area contributed by atoms with Gasteiger partial charge >= 0.3 is 0 Å². The highest BCUT2D eigenvalue weighted by molar-refractivity contribution is 8.01. The minimum atomic E-state index is 0.109. The normalized spacial score (nSPS) is 18.2. The summed E-state index contributed by atoms with van der Waals surface area (Å²) in [5.41, 5.74) is 4.21. The zero-order valence-corrected chi connectivity index (χ0v) is 11.1. The highest BCUT2D eigenvalue weighted by Gasteiger charge is 2.42. The molecule has 16 heavy (non-hydrogen) atoms. The Morgan fingerprint density at radius 1 is 1.25 bits per heavy atom. The fourth-order valence-corrected chi connectivity index (χ4v) is 2.70. The molecule has 1 nitrogen and oxygen atoms in total. The van der Waals surface area contributed by atoms with Crippen LogP contribution in [-0.4, -0.2) is 23.6 Å². The topological polar surface area (TPSA) is 3.01 Å². The molecule has 0 amide bonds. The zero-order chi connectivity index (χ0) is 11.8. The molecular formula is C14H18NS+. The first-order valence-corrected chi connectivity index (χ1v) is 6.78. The van der Waals surface area contributed by atoms with Crippen molar-refractivity contribution >= 4 is 23.2 Å². The lowest BCUT2D eigenvalue weighted by Crippen LogP contribution is -2.26. The summed E-state index contributed by atoms with van der Waals surface area (Å²) in [4.78, 5) is 0. The van der Waals surface area contributed by atoms with E-state index in [0.717, 1.165) is 0 Å². The first-order chi connectivity index (χ1) is 7.59. The molecule has 0 spiro atoms. The smallest absolute Gasteiger partial charge is 0.198 e. The molecule has 84 valence electrons. The molecule has 1 aliphatic heterocycles. The largest absolute Gasteiger partial charge is 0.209 e. The monoisotopic (exact) mass is 232 g/mol. The van der Waals surface area contributed by atoms with Crippen LogP contribution in [0.4, 0.5) is 5.69 Å². The van der Waals surface area contributed by atoms with Crippen molar-refractivity contribution in [3.8, 4) is 0 Å². The lowest BCUT2D eigenvalue weighted by Gasteiger charge is -2.14.